The van der Waals surface area contributed by atoms with Gasteiger partial charge in [0.05, 0.1) is 10.8 Å². The molecule has 19 rings (SSSR count). The molecule has 104 heavy (non-hydrogen) atoms. The van der Waals surface area contributed by atoms with Gasteiger partial charge in [-0.25, -0.2) is 29.9 Å². The van der Waals surface area contributed by atoms with Gasteiger partial charge in [-0.15, -0.1) is 0 Å². The quantitative estimate of drug-likeness (QED) is 0.107. The summed E-state index contributed by atoms with van der Waals surface area (Å²) in [5, 5.41) is 0. The summed E-state index contributed by atoms with van der Waals surface area (Å²) in [7, 11) is 0. The van der Waals surface area contributed by atoms with Crippen LogP contribution >= 0.6 is 0 Å². The van der Waals surface area contributed by atoms with Gasteiger partial charge in [0.1, 0.15) is 0 Å². The van der Waals surface area contributed by atoms with E-state index in [1.165, 1.54) is 38.9 Å². The molecule has 0 radical (unpaired) electrons. The zero-order valence-electron chi connectivity index (χ0n) is 56.5. The molecule has 2 aliphatic carbocycles. The third-order valence-electron chi connectivity index (χ3n) is 20.9. The maximum absolute atomic E-state index is 5.47. The van der Waals surface area contributed by atoms with Crippen LogP contribution in [0, 0.1) is 0 Å². The van der Waals surface area contributed by atoms with Crippen LogP contribution in [0.4, 0.5) is 0 Å². The van der Waals surface area contributed by atoms with Crippen LogP contribution in [0.2, 0.25) is 0 Å². The van der Waals surface area contributed by atoms with Gasteiger partial charge in [0, 0.05) is 51.3 Å². The van der Waals surface area contributed by atoms with Crippen molar-refractivity contribution in [1.82, 2.24) is 34.9 Å². The van der Waals surface area contributed by atoms with Gasteiger partial charge in [-0.3, -0.25) is 4.98 Å². The van der Waals surface area contributed by atoms with Crippen molar-refractivity contribution in [2.45, 2.75) is 10.8 Å². The van der Waals surface area contributed by atoms with Crippen molar-refractivity contribution in [1.29, 1.82) is 0 Å². The van der Waals surface area contributed by atoms with E-state index < -0.39 is 10.8 Å². The van der Waals surface area contributed by atoms with E-state index in [0.717, 1.165) is 106 Å². The van der Waals surface area contributed by atoms with E-state index in [-0.39, 0.29) is 0 Å². The smallest absolute Gasteiger partial charge is 0.165 e. The SMILES string of the molecule is c1ccc(-c2nc(-c3ccc(-c4cccc(C5(c6ccccc6)c6ccccc6-c6c5ccc(-c5ccccc5)c6-c5nc(-c6ccccc6)nc(-c6ccccc6)n5)c4)cc3)nc(-c3ccc(-c4ccc5c(c4-c4cccnc4)-c4ccccc4C5(c4ccccc4)c4ccccc4)cc3)n2)cc1. The molecule has 2 aliphatic rings. The highest BCUT2D eigenvalue weighted by molar-refractivity contribution is 6.03. The van der Waals surface area contributed by atoms with Gasteiger partial charge in [0.15, 0.2) is 34.9 Å². The molecule has 3 aromatic heterocycles. The molecule has 17 aromatic rings. The number of rotatable bonds is 14. The molecule has 0 amide bonds. The summed E-state index contributed by atoms with van der Waals surface area (Å²) in [6.45, 7) is 0. The van der Waals surface area contributed by atoms with Gasteiger partial charge in [-0.1, -0.05) is 358 Å². The van der Waals surface area contributed by atoms with Crippen LogP contribution in [0.25, 0.3) is 135 Å². The van der Waals surface area contributed by atoms with E-state index in [2.05, 4.69) is 309 Å². The summed E-state index contributed by atoms with van der Waals surface area (Å²) in [6.07, 6.45) is 3.85. The molecule has 1 atom stereocenters. The van der Waals surface area contributed by atoms with E-state index in [0.29, 0.717) is 34.9 Å². The van der Waals surface area contributed by atoms with Crippen molar-refractivity contribution in [3.05, 3.63) is 427 Å². The van der Waals surface area contributed by atoms with E-state index in [4.69, 9.17) is 34.9 Å². The Morgan fingerprint density at radius 2 is 0.490 bits per heavy atom. The first-order valence-corrected chi connectivity index (χ1v) is 35.3. The summed E-state index contributed by atoms with van der Waals surface area (Å²) in [5.74, 6) is 3.56. The zero-order chi connectivity index (χ0) is 69.0. The zero-order valence-corrected chi connectivity index (χ0v) is 56.5. The van der Waals surface area contributed by atoms with Gasteiger partial charge in [0.2, 0.25) is 0 Å². The molecule has 7 heteroatoms. The number of hydrogen-bond donors (Lipinski definition) is 0. The lowest BCUT2D eigenvalue weighted by molar-refractivity contribution is 0.768. The van der Waals surface area contributed by atoms with Crippen LogP contribution < -0.4 is 0 Å². The minimum absolute atomic E-state index is 0.558. The fraction of sp³-hybridized carbons (Fsp3) is 0.0206. The number of hydrogen-bond acceptors (Lipinski definition) is 7. The van der Waals surface area contributed by atoms with E-state index in [1.807, 2.05) is 73.1 Å². The first kappa shape index (κ1) is 61.3. The van der Waals surface area contributed by atoms with Gasteiger partial charge < -0.3 is 0 Å². The maximum atomic E-state index is 5.47. The second-order valence-electron chi connectivity index (χ2n) is 26.6. The Balaban J connectivity index is 0.719. The van der Waals surface area contributed by atoms with Crippen molar-refractivity contribution in [2.75, 3.05) is 0 Å². The summed E-state index contributed by atoms with van der Waals surface area (Å²) < 4.78 is 0. The third-order valence-corrected chi connectivity index (χ3v) is 20.9. The molecule has 0 N–H and O–H groups in total. The van der Waals surface area contributed by atoms with Crippen molar-refractivity contribution >= 4 is 0 Å². The monoisotopic (exact) mass is 1330 g/mol. The fourth-order valence-corrected chi connectivity index (χ4v) is 16.3. The Hall–Kier alpha value is -13.8. The molecule has 3 heterocycles. The molecule has 1 unspecified atom stereocenters. The first-order chi connectivity index (χ1) is 51.6. The number of nitrogens with zero attached hydrogens (tertiary/aromatic N) is 7. The molecule has 0 spiro atoms. The molecule has 0 saturated heterocycles. The van der Waals surface area contributed by atoms with Crippen LogP contribution in [-0.4, -0.2) is 34.9 Å². The number of aromatic nitrogens is 7. The van der Waals surface area contributed by atoms with Gasteiger partial charge >= 0.3 is 0 Å². The van der Waals surface area contributed by atoms with Crippen LogP contribution in [-0.2, 0) is 10.8 Å². The molecular weight excluding hydrogens is 1260 g/mol. The Morgan fingerprint density at radius 1 is 0.173 bits per heavy atom. The molecule has 0 bridgehead atoms. The summed E-state index contributed by atoms with van der Waals surface area (Å²) in [6, 6.07) is 132. The molecule has 7 nitrogen and oxygen atoms in total. The van der Waals surface area contributed by atoms with Crippen LogP contribution in [0.3, 0.4) is 0 Å². The van der Waals surface area contributed by atoms with Gasteiger partial charge in [-0.05, 0) is 118 Å². The number of pyridine rings is 1. The predicted molar refractivity (Wildman–Crippen MR) is 420 cm³/mol. The normalized spacial score (nSPS) is 13.7. The molecule has 14 aromatic carbocycles. The number of fused-ring (bicyclic) bond motifs is 6. The second-order valence-corrected chi connectivity index (χ2v) is 26.6. The van der Waals surface area contributed by atoms with E-state index >= 15 is 0 Å². The molecular formula is C97H63N7. The molecule has 0 aliphatic heterocycles. The molecule has 0 saturated carbocycles. The highest BCUT2D eigenvalue weighted by Crippen LogP contribution is 2.62. The van der Waals surface area contributed by atoms with Crippen molar-refractivity contribution in [3.63, 3.8) is 0 Å². The lowest BCUT2D eigenvalue weighted by atomic mass is 9.67. The minimum Gasteiger partial charge on any atom is -0.264 e. The molecule has 0 fully saturated rings. The van der Waals surface area contributed by atoms with Gasteiger partial charge in [-0.2, -0.15) is 0 Å². The van der Waals surface area contributed by atoms with Crippen molar-refractivity contribution in [3.8, 4) is 135 Å². The fourth-order valence-electron chi connectivity index (χ4n) is 16.3. The highest BCUT2D eigenvalue weighted by atomic mass is 15.0. The van der Waals surface area contributed by atoms with E-state index in [1.54, 1.807) is 0 Å². The van der Waals surface area contributed by atoms with Gasteiger partial charge in [0.25, 0.3) is 0 Å². The second kappa shape index (κ2) is 25.8. The molecule has 486 valence electrons. The lowest BCUT2D eigenvalue weighted by Crippen LogP contribution is -2.28. The van der Waals surface area contributed by atoms with Crippen LogP contribution in [0.5, 0.6) is 0 Å². The predicted octanol–water partition coefficient (Wildman–Crippen LogP) is 22.8. The maximum Gasteiger partial charge on any atom is 0.165 e. The van der Waals surface area contributed by atoms with Crippen molar-refractivity contribution < 1.29 is 0 Å². The Morgan fingerprint density at radius 3 is 0.933 bits per heavy atom. The average molecular weight is 1330 g/mol. The topological polar surface area (TPSA) is 90.2 Å². The van der Waals surface area contributed by atoms with Crippen LogP contribution in [0.1, 0.15) is 44.5 Å². The van der Waals surface area contributed by atoms with Crippen LogP contribution in [0.15, 0.2) is 382 Å². The third kappa shape index (κ3) is 10.2. The highest BCUT2D eigenvalue weighted by Gasteiger charge is 2.49. The Kier molecular flexibility index (Phi) is 15.2. The first-order valence-electron chi connectivity index (χ1n) is 35.3. The Bertz CT molecular complexity index is 5950. The summed E-state index contributed by atoms with van der Waals surface area (Å²) in [4.78, 5) is 36.6. The van der Waals surface area contributed by atoms with Crippen molar-refractivity contribution in [2.24, 2.45) is 0 Å². The van der Waals surface area contributed by atoms with E-state index in [9.17, 15) is 0 Å². The average Bonchev–Trinajstić information content (AvgIpc) is 1.53. The minimum atomic E-state index is -0.773. The lowest BCUT2D eigenvalue weighted by Gasteiger charge is -2.34. The largest absolute Gasteiger partial charge is 0.264 e. The summed E-state index contributed by atoms with van der Waals surface area (Å²) in [5.41, 5.74) is 26.8. The Labute approximate surface area is 604 Å². The summed E-state index contributed by atoms with van der Waals surface area (Å²) >= 11 is 0. The number of benzene rings is 14. The standard InChI is InChI=1S/C97H63N7/c1-8-28-65(29-9-1)79-58-60-85-88(89(79)95-103-91(68-32-12-3-13-33-68)101-92(104-95)69-34-14-4-15-35-69)81-46-23-25-48-83(81)97(85,76-42-20-7-21-43-76)77-44-26-36-72(62-77)64-49-53-70(54-50-64)93-99-90(67-30-10-2-11-31-67)100-94(102-93)71-55-51-66(52-56-71)78-57-59-84-87(86(78)73-37-27-61-98-63-73)80-45-22-24-47-82(80)96(84,74-38-16-5-17-39-74)75-40-18-6-19-41-75/h1-63H.